The lowest BCUT2D eigenvalue weighted by Crippen LogP contribution is -2.34. The topological polar surface area (TPSA) is 98.2 Å². The molecule has 1 aliphatic heterocycles. The van der Waals surface area contributed by atoms with Crippen LogP contribution in [0, 0.1) is 11.7 Å². The normalized spacial score (nSPS) is 21.5. The summed E-state index contributed by atoms with van der Waals surface area (Å²) in [5.74, 6) is -2.42. The maximum Gasteiger partial charge on any atom is 0.227 e. The molecule has 2 rings (SSSR count). The summed E-state index contributed by atoms with van der Waals surface area (Å²) in [6.45, 7) is 0.181. The van der Waals surface area contributed by atoms with E-state index in [0.717, 1.165) is 10.4 Å². The van der Waals surface area contributed by atoms with Gasteiger partial charge < -0.3 is 15.1 Å². The number of β-amino-alcohol motifs (C(OH)–C–C–N with tert-alkyl or cyclic N) is 1. The van der Waals surface area contributed by atoms with E-state index in [1.165, 1.54) is 31.1 Å². The van der Waals surface area contributed by atoms with Crippen molar-refractivity contribution in [2.45, 2.75) is 12.5 Å². The Kier molecular flexibility index (Phi) is 5.46. The lowest BCUT2D eigenvalue weighted by molar-refractivity contribution is -0.129. The summed E-state index contributed by atoms with van der Waals surface area (Å²) in [6.07, 6.45) is -1.00. The highest BCUT2D eigenvalue weighted by Gasteiger charge is 2.37. The number of aliphatic hydroxyl groups excluding tert-OH is 1. The average molecular weight is 360 g/mol. The van der Waals surface area contributed by atoms with Gasteiger partial charge in [-0.3, -0.25) is 4.79 Å². The van der Waals surface area contributed by atoms with Gasteiger partial charge in [-0.25, -0.2) is 17.1 Å². The van der Waals surface area contributed by atoms with Crippen molar-refractivity contribution in [3.05, 3.63) is 29.6 Å². The zero-order valence-corrected chi connectivity index (χ0v) is 14.3. The predicted octanol–water partition coefficient (Wildman–Crippen LogP) is -0.215. The molecule has 1 saturated heterocycles. The Morgan fingerprint density at radius 2 is 2.04 bits per heavy atom. The molecule has 0 bridgehead atoms. The first-order valence-electron chi connectivity index (χ1n) is 7.43. The number of aliphatic hydroxyl groups is 1. The standard InChI is InChI=1S/C15H21FN2O5S/c1-17(2)24(22,23)9-11-7-18(8-14(11)20)15(21)6-10-3-4-13(19)12(16)5-10/h3-5,11,14,19-20H,6-9H2,1-2H3/t11-,14+/m0/s1. The highest BCUT2D eigenvalue weighted by molar-refractivity contribution is 7.89. The third-order valence-corrected chi connectivity index (χ3v) is 6.07. The monoisotopic (exact) mass is 360 g/mol. The van der Waals surface area contributed by atoms with Gasteiger partial charge in [-0.05, 0) is 17.7 Å². The number of carbonyl (C=O) groups excluding carboxylic acids is 1. The number of sulfonamides is 1. The summed E-state index contributed by atoms with van der Waals surface area (Å²) in [5, 5.41) is 19.2. The van der Waals surface area contributed by atoms with E-state index in [9.17, 15) is 22.7 Å². The first-order valence-corrected chi connectivity index (χ1v) is 9.04. The van der Waals surface area contributed by atoms with Gasteiger partial charge in [0.05, 0.1) is 18.3 Å². The summed E-state index contributed by atoms with van der Waals surface area (Å²) in [5.41, 5.74) is 0.397. The molecule has 0 saturated carbocycles. The van der Waals surface area contributed by atoms with E-state index >= 15 is 0 Å². The van der Waals surface area contributed by atoms with E-state index < -0.39 is 33.6 Å². The molecule has 134 valence electrons. The predicted molar refractivity (Wildman–Crippen MR) is 85.3 cm³/mol. The van der Waals surface area contributed by atoms with Gasteiger partial charge in [-0.1, -0.05) is 6.07 Å². The second-order valence-electron chi connectivity index (χ2n) is 6.15. The van der Waals surface area contributed by atoms with Crippen LogP contribution in [0.4, 0.5) is 4.39 Å². The third kappa shape index (κ3) is 4.22. The fraction of sp³-hybridized carbons (Fsp3) is 0.533. The SMILES string of the molecule is CN(C)S(=O)(=O)C[C@@H]1CN(C(=O)Cc2ccc(O)c(F)c2)C[C@H]1O. The highest BCUT2D eigenvalue weighted by Crippen LogP contribution is 2.22. The molecule has 24 heavy (non-hydrogen) atoms. The molecular formula is C15H21FN2O5S. The van der Waals surface area contributed by atoms with Crippen LogP contribution >= 0.6 is 0 Å². The van der Waals surface area contributed by atoms with Crippen molar-refractivity contribution in [1.82, 2.24) is 9.21 Å². The molecule has 0 aliphatic carbocycles. The average Bonchev–Trinajstić information content (AvgIpc) is 2.83. The molecule has 1 aliphatic rings. The number of halogens is 1. The van der Waals surface area contributed by atoms with Crippen molar-refractivity contribution < 1.29 is 27.8 Å². The van der Waals surface area contributed by atoms with Gasteiger partial charge in [0.25, 0.3) is 0 Å². The Morgan fingerprint density at radius 3 is 2.62 bits per heavy atom. The van der Waals surface area contributed by atoms with Crippen LogP contribution in [-0.4, -0.2) is 72.8 Å². The molecule has 2 atom stereocenters. The molecule has 1 aromatic carbocycles. The van der Waals surface area contributed by atoms with Crippen LogP contribution in [0.3, 0.4) is 0 Å². The smallest absolute Gasteiger partial charge is 0.227 e. The number of hydrogen-bond acceptors (Lipinski definition) is 5. The summed E-state index contributed by atoms with van der Waals surface area (Å²) in [4.78, 5) is 13.7. The number of nitrogens with zero attached hydrogens (tertiary/aromatic N) is 2. The molecule has 7 nitrogen and oxygen atoms in total. The Labute approximate surface area is 140 Å². The molecule has 1 heterocycles. The number of carbonyl (C=O) groups is 1. The van der Waals surface area contributed by atoms with Crippen LogP contribution in [0.2, 0.25) is 0 Å². The van der Waals surface area contributed by atoms with Crippen LogP contribution in [0.5, 0.6) is 5.75 Å². The molecule has 1 amide bonds. The van der Waals surface area contributed by atoms with Crippen molar-refractivity contribution in [3.63, 3.8) is 0 Å². The van der Waals surface area contributed by atoms with Gasteiger partial charge >= 0.3 is 0 Å². The summed E-state index contributed by atoms with van der Waals surface area (Å²) >= 11 is 0. The van der Waals surface area contributed by atoms with Gasteiger partial charge in [0.2, 0.25) is 15.9 Å². The maximum absolute atomic E-state index is 13.3. The van der Waals surface area contributed by atoms with E-state index in [1.54, 1.807) is 0 Å². The van der Waals surface area contributed by atoms with E-state index in [2.05, 4.69) is 0 Å². The lowest BCUT2D eigenvalue weighted by Gasteiger charge is -2.18. The fourth-order valence-corrected chi connectivity index (χ4v) is 3.75. The van der Waals surface area contributed by atoms with Gasteiger partial charge in [0.15, 0.2) is 11.6 Å². The molecule has 1 aromatic rings. The molecule has 9 heteroatoms. The van der Waals surface area contributed by atoms with Crippen molar-refractivity contribution in [1.29, 1.82) is 0 Å². The molecule has 0 spiro atoms. The van der Waals surface area contributed by atoms with Gasteiger partial charge in [0.1, 0.15) is 0 Å². The highest BCUT2D eigenvalue weighted by atomic mass is 32.2. The van der Waals surface area contributed by atoms with Crippen LogP contribution in [0.15, 0.2) is 18.2 Å². The zero-order chi connectivity index (χ0) is 18.1. The van der Waals surface area contributed by atoms with Crippen LogP contribution in [-0.2, 0) is 21.2 Å². The quantitative estimate of drug-likeness (QED) is 0.757. The molecule has 0 unspecified atom stereocenters. The molecule has 2 N–H and O–H groups in total. The minimum Gasteiger partial charge on any atom is -0.505 e. The third-order valence-electron chi connectivity index (χ3n) is 4.11. The second kappa shape index (κ2) is 7.04. The number of phenols is 1. The number of aromatic hydroxyl groups is 1. The zero-order valence-electron chi connectivity index (χ0n) is 13.5. The van der Waals surface area contributed by atoms with E-state index in [0.29, 0.717) is 5.56 Å². The molecular weight excluding hydrogens is 339 g/mol. The first-order chi connectivity index (χ1) is 11.1. The minimum absolute atomic E-state index is 0.0486. The van der Waals surface area contributed by atoms with Crippen LogP contribution < -0.4 is 0 Å². The molecule has 0 aromatic heterocycles. The van der Waals surface area contributed by atoms with Crippen molar-refractivity contribution in [2.75, 3.05) is 32.9 Å². The molecule has 0 radical (unpaired) electrons. The maximum atomic E-state index is 13.3. The number of amides is 1. The number of likely N-dealkylation sites (tertiary alicyclic amines) is 1. The number of rotatable bonds is 5. The van der Waals surface area contributed by atoms with Crippen molar-refractivity contribution in [3.8, 4) is 5.75 Å². The first kappa shape index (κ1) is 18.6. The Hall–Kier alpha value is -1.71. The summed E-state index contributed by atoms with van der Waals surface area (Å²) in [7, 11) is -0.644. The van der Waals surface area contributed by atoms with Crippen molar-refractivity contribution >= 4 is 15.9 Å². The Bertz CT molecular complexity index is 723. The van der Waals surface area contributed by atoms with Gasteiger partial charge in [0, 0.05) is 33.1 Å². The van der Waals surface area contributed by atoms with Crippen molar-refractivity contribution in [2.24, 2.45) is 5.92 Å². The largest absolute Gasteiger partial charge is 0.505 e. The second-order valence-corrected chi connectivity index (χ2v) is 8.38. The number of benzene rings is 1. The Balaban J connectivity index is 2.00. The number of hydrogen-bond donors (Lipinski definition) is 2. The molecule has 1 fully saturated rings. The van der Waals surface area contributed by atoms with Crippen LogP contribution in [0.25, 0.3) is 0 Å². The minimum atomic E-state index is -3.47. The summed E-state index contributed by atoms with van der Waals surface area (Å²) in [6, 6.07) is 3.69. The van der Waals surface area contributed by atoms with E-state index in [4.69, 9.17) is 5.11 Å². The lowest BCUT2D eigenvalue weighted by atomic mass is 10.1. The van der Waals surface area contributed by atoms with E-state index in [1.807, 2.05) is 0 Å². The number of phenolic OH excluding ortho intramolecular Hbond substituents is 1. The fourth-order valence-electron chi connectivity index (χ4n) is 2.59. The Morgan fingerprint density at radius 1 is 1.38 bits per heavy atom. The van der Waals surface area contributed by atoms with E-state index in [-0.39, 0.29) is 31.2 Å². The summed E-state index contributed by atoms with van der Waals surface area (Å²) < 4.78 is 38.2. The van der Waals surface area contributed by atoms with Gasteiger partial charge in [-0.15, -0.1) is 0 Å². The van der Waals surface area contributed by atoms with Gasteiger partial charge in [-0.2, -0.15) is 0 Å². The van der Waals surface area contributed by atoms with Crippen LogP contribution in [0.1, 0.15) is 5.56 Å².